The van der Waals surface area contributed by atoms with Crippen molar-refractivity contribution in [2.75, 3.05) is 5.75 Å². The molecule has 0 unspecified atom stereocenters. The van der Waals surface area contributed by atoms with E-state index in [0.29, 0.717) is 0 Å². The van der Waals surface area contributed by atoms with Crippen molar-refractivity contribution in [3.8, 4) is 0 Å². The molecule has 138 valence electrons. The zero-order valence-corrected chi connectivity index (χ0v) is 17.1. The summed E-state index contributed by atoms with van der Waals surface area (Å²) >= 11 is 4.52. The van der Waals surface area contributed by atoms with E-state index in [4.69, 9.17) is 0 Å². The molecule has 27 heavy (non-hydrogen) atoms. The van der Waals surface area contributed by atoms with E-state index in [9.17, 15) is 4.79 Å². The van der Waals surface area contributed by atoms with Crippen molar-refractivity contribution >= 4 is 47.0 Å². The maximum Gasteiger partial charge on any atom is 0.250 e. The van der Waals surface area contributed by atoms with Crippen LogP contribution in [-0.4, -0.2) is 28.1 Å². The molecule has 0 aliphatic heterocycles. The lowest BCUT2D eigenvalue weighted by molar-refractivity contribution is -0.118. The summed E-state index contributed by atoms with van der Waals surface area (Å²) in [5.41, 5.74) is 5.96. The minimum Gasteiger partial charge on any atom is -0.272 e. The van der Waals surface area contributed by atoms with Crippen LogP contribution in [-0.2, 0) is 10.5 Å². The van der Waals surface area contributed by atoms with Crippen LogP contribution in [0.15, 0.2) is 68.4 Å². The smallest absolute Gasteiger partial charge is 0.250 e. The molecular weight excluding hydrogens is 396 g/mol. The van der Waals surface area contributed by atoms with Gasteiger partial charge in [-0.2, -0.15) is 5.10 Å². The van der Waals surface area contributed by atoms with Crippen LogP contribution in [0, 0.1) is 6.92 Å². The summed E-state index contributed by atoms with van der Waals surface area (Å²) in [6.07, 6.45) is 1.62. The first kappa shape index (κ1) is 19.6. The summed E-state index contributed by atoms with van der Waals surface area (Å²) in [4.78, 5) is 11.9. The van der Waals surface area contributed by atoms with E-state index in [1.807, 2.05) is 30.3 Å². The second-order valence-corrected chi connectivity index (χ2v) is 9.02. The number of amides is 1. The van der Waals surface area contributed by atoms with Gasteiger partial charge in [0.1, 0.15) is 0 Å². The van der Waals surface area contributed by atoms with Crippen molar-refractivity contribution in [1.82, 2.24) is 15.6 Å². The molecule has 1 N–H and O–H groups in total. The zero-order valence-electron chi connectivity index (χ0n) is 14.7. The Balaban J connectivity index is 1.40. The highest BCUT2D eigenvalue weighted by Crippen LogP contribution is 2.30. The number of carbonyl (C=O) groups excluding carboxylic acids is 1. The second-order valence-electron chi connectivity index (χ2n) is 5.60. The van der Waals surface area contributed by atoms with E-state index in [1.165, 1.54) is 34.2 Å². The van der Waals surface area contributed by atoms with Gasteiger partial charge < -0.3 is 0 Å². The SMILES string of the molecule is Cc1ccc(CSc2nnc(SCC(=O)N/N=C\c3ccccc3)s2)cc1. The molecule has 1 aromatic heterocycles. The number of carbonyl (C=O) groups is 1. The van der Waals surface area contributed by atoms with Crippen LogP contribution in [0.2, 0.25) is 0 Å². The van der Waals surface area contributed by atoms with Gasteiger partial charge in [-0.3, -0.25) is 4.79 Å². The number of hydrazone groups is 1. The van der Waals surface area contributed by atoms with Crippen molar-refractivity contribution in [2.24, 2.45) is 5.10 Å². The Kier molecular flexibility index (Phi) is 7.44. The van der Waals surface area contributed by atoms with Gasteiger partial charge in [0.25, 0.3) is 5.91 Å². The monoisotopic (exact) mass is 414 g/mol. The number of aromatic nitrogens is 2. The standard InChI is InChI=1S/C19H18N4OS3/c1-14-7-9-16(10-8-14)12-25-18-22-23-19(27-18)26-13-17(24)21-20-11-15-5-3-2-4-6-15/h2-11H,12-13H2,1H3,(H,21,24)/b20-11-. The Labute approximate surface area is 170 Å². The summed E-state index contributed by atoms with van der Waals surface area (Å²) in [6, 6.07) is 18.1. The minimum atomic E-state index is -0.170. The number of thioether (sulfide) groups is 2. The van der Waals surface area contributed by atoms with E-state index in [2.05, 4.69) is 51.9 Å². The van der Waals surface area contributed by atoms with Gasteiger partial charge in [-0.15, -0.1) is 10.2 Å². The molecule has 1 amide bonds. The van der Waals surface area contributed by atoms with Gasteiger partial charge in [0.15, 0.2) is 8.68 Å². The first-order valence-electron chi connectivity index (χ1n) is 8.20. The Morgan fingerprint density at radius 1 is 1.07 bits per heavy atom. The second kappa shape index (κ2) is 10.2. The van der Waals surface area contributed by atoms with Gasteiger partial charge in [-0.1, -0.05) is 95.0 Å². The molecule has 8 heteroatoms. The molecule has 0 radical (unpaired) electrons. The minimum absolute atomic E-state index is 0.170. The molecular formula is C19H18N4OS3. The molecule has 0 saturated heterocycles. The van der Waals surface area contributed by atoms with Crippen LogP contribution in [0.1, 0.15) is 16.7 Å². The number of hydrogen-bond donors (Lipinski definition) is 1. The van der Waals surface area contributed by atoms with Crippen molar-refractivity contribution in [2.45, 2.75) is 21.4 Å². The molecule has 0 spiro atoms. The zero-order chi connectivity index (χ0) is 18.9. The fourth-order valence-corrected chi connectivity index (χ4v) is 4.79. The van der Waals surface area contributed by atoms with Gasteiger partial charge in [0.2, 0.25) is 0 Å². The number of nitrogens with zero attached hydrogens (tertiary/aromatic N) is 3. The highest BCUT2D eigenvalue weighted by Gasteiger charge is 2.08. The molecule has 0 saturated carbocycles. The lowest BCUT2D eigenvalue weighted by Gasteiger charge is -1.99. The summed E-state index contributed by atoms with van der Waals surface area (Å²) in [5.74, 6) is 0.939. The lowest BCUT2D eigenvalue weighted by atomic mass is 10.2. The first-order valence-corrected chi connectivity index (χ1v) is 11.0. The van der Waals surface area contributed by atoms with E-state index >= 15 is 0 Å². The van der Waals surface area contributed by atoms with Crippen LogP contribution in [0.25, 0.3) is 0 Å². The third-order valence-corrected chi connectivity index (χ3v) is 6.66. The lowest BCUT2D eigenvalue weighted by Crippen LogP contribution is -2.19. The summed E-state index contributed by atoms with van der Waals surface area (Å²) in [6.45, 7) is 2.08. The molecule has 0 fully saturated rings. The van der Waals surface area contributed by atoms with Gasteiger partial charge in [-0.05, 0) is 18.1 Å². The molecule has 2 aromatic carbocycles. The molecule has 0 atom stereocenters. The van der Waals surface area contributed by atoms with E-state index in [1.54, 1.807) is 18.0 Å². The molecule has 0 bridgehead atoms. The fraction of sp³-hybridized carbons (Fsp3) is 0.158. The fourth-order valence-electron chi connectivity index (χ4n) is 2.02. The topological polar surface area (TPSA) is 67.2 Å². The Hall–Kier alpha value is -2.16. The molecule has 0 aliphatic rings. The number of rotatable bonds is 8. The van der Waals surface area contributed by atoms with E-state index < -0.39 is 0 Å². The largest absolute Gasteiger partial charge is 0.272 e. The van der Waals surface area contributed by atoms with E-state index in [-0.39, 0.29) is 11.7 Å². The highest BCUT2D eigenvalue weighted by molar-refractivity contribution is 8.03. The molecule has 3 aromatic rings. The molecule has 3 rings (SSSR count). The van der Waals surface area contributed by atoms with Gasteiger partial charge >= 0.3 is 0 Å². The first-order chi connectivity index (χ1) is 13.2. The average molecular weight is 415 g/mol. The van der Waals surface area contributed by atoms with E-state index in [0.717, 1.165) is 20.0 Å². The Morgan fingerprint density at radius 3 is 2.52 bits per heavy atom. The highest BCUT2D eigenvalue weighted by atomic mass is 32.2. The number of hydrogen-bond acceptors (Lipinski definition) is 7. The Morgan fingerprint density at radius 2 is 1.78 bits per heavy atom. The number of aryl methyl sites for hydroxylation is 1. The maximum atomic E-state index is 11.9. The number of benzene rings is 2. The quantitative estimate of drug-likeness (QED) is 0.337. The van der Waals surface area contributed by atoms with Crippen LogP contribution in [0.3, 0.4) is 0 Å². The Bertz CT molecular complexity index is 895. The normalized spacial score (nSPS) is 11.0. The van der Waals surface area contributed by atoms with Crippen molar-refractivity contribution < 1.29 is 4.79 Å². The number of nitrogens with one attached hydrogen (secondary N) is 1. The van der Waals surface area contributed by atoms with Crippen LogP contribution >= 0.6 is 34.9 Å². The van der Waals surface area contributed by atoms with Crippen LogP contribution < -0.4 is 5.43 Å². The molecule has 5 nitrogen and oxygen atoms in total. The van der Waals surface area contributed by atoms with Gasteiger partial charge in [-0.25, -0.2) is 5.43 Å². The van der Waals surface area contributed by atoms with Gasteiger partial charge in [0.05, 0.1) is 12.0 Å². The summed E-state index contributed by atoms with van der Waals surface area (Å²) < 4.78 is 1.68. The van der Waals surface area contributed by atoms with Gasteiger partial charge in [0, 0.05) is 5.75 Å². The third kappa shape index (κ3) is 6.82. The predicted molar refractivity (Wildman–Crippen MR) is 114 cm³/mol. The van der Waals surface area contributed by atoms with Crippen LogP contribution in [0.5, 0.6) is 0 Å². The van der Waals surface area contributed by atoms with Crippen molar-refractivity contribution in [3.63, 3.8) is 0 Å². The summed E-state index contributed by atoms with van der Waals surface area (Å²) in [5, 5.41) is 12.3. The summed E-state index contributed by atoms with van der Waals surface area (Å²) in [7, 11) is 0. The van der Waals surface area contributed by atoms with Crippen LogP contribution in [0.4, 0.5) is 0 Å². The van der Waals surface area contributed by atoms with Crippen molar-refractivity contribution in [3.05, 3.63) is 71.3 Å². The maximum absolute atomic E-state index is 11.9. The molecule has 0 aliphatic carbocycles. The predicted octanol–water partition coefficient (Wildman–Crippen LogP) is 4.38. The molecule has 1 heterocycles. The van der Waals surface area contributed by atoms with Crippen molar-refractivity contribution in [1.29, 1.82) is 0 Å². The average Bonchev–Trinajstić information content (AvgIpc) is 3.15. The third-order valence-electron chi connectivity index (χ3n) is 3.40.